The highest BCUT2D eigenvalue weighted by molar-refractivity contribution is 6.61. The van der Waals surface area contributed by atoms with E-state index in [1.807, 2.05) is 13.0 Å². The lowest BCUT2D eigenvalue weighted by atomic mass is 10.0. The molecule has 6 heteroatoms. The van der Waals surface area contributed by atoms with E-state index in [4.69, 9.17) is 22.4 Å². The van der Waals surface area contributed by atoms with Gasteiger partial charge >= 0.3 is 11.4 Å². The van der Waals surface area contributed by atoms with Crippen molar-refractivity contribution in [1.82, 2.24) is 0 Å². The Balaban J connectivity index is 0.000000441. The smallest absolute Gasteiger partial charge is 0.403 e. The molecule has 0 amide bonds. The molecule has 0 aliphatic rings. The Bertz CT molecular complexity index is 532. The monoisotopic (exact) mass is 357 g/mol. The van der Waals surface area contributed by atoms with E-state index in [0.29, 0.717) is 12.3 Å². The van der Waals surface area contributed by atoms with E-state index in [9.17, 15) is 9.59 Å². The van der Waals surface area contributed by atoms with Gasteiger partial charge in [-0.3, -0.25) is 0 Å². The van der Waals surface area contributed by atoms with Crippen LogP contribution in [0.2, 0.25) is 0 Å². The SMILES string of the molecule is CCCCCCCCOC(=O)Cl.Cc1cc(C)c(N)c(C(=O)O)c1. The second kappa shape index (κ2) is 12.6. The lowest BCUT2D eigenvalue weighted by Crippen LogP contribution is -2.04. The maximum Gasteiger partial charge on any atom is 0.403 e. The van der Waals surface area contributed by atoms with Crippen LogP contribution in [0.25, 0.3) is 0 Å². The first-order valence-electron chi connectivity index (χ1n) is 8.21. The molecule has 1 aromatic rings. The molecule has 0 radical (unpaired) electrons. The summed E-state index contributed by atoms with van der Waals surface area (Å²) in [6, 6.07) is 3.44. The topological polar surface area (TPSA) is 89.6 Å². The van der Waals surface area contributed by atoms with Crippen molar-refractivity contribution in [2.45, 2.75) is 59.3 Å². The first kappa shape index (κ1) is 22.2. The number of benzene rings is 1. The summed E-state index contributed by atoms with van der Waals surface area (Å²) >= 11 is 4.98. The van der Waals surface area contributed by atoms with Crippen molar-refractivity contribution >= 4 is 28.7 Å². The molecule has 0 bridgehead atoms. The van der Waals surface area contributed by atoms with Crippen LogP contribution in [0.15, 0.2) is 12.1 Å². The molecule has 0 fully saturated rings. The van der Waals surface area contributed by atoms with Gasteiger partial charge in [0, 0.05) is 17.3 Å². The number of carbonyl (C=O) groups is 2. The number of aryl methyl sites for hydroxylation is 2. The standard InChI is InChI=1S/C9H17ClO2.C9H11NO2/c1-2-3-4-5-6-7-8-12-9(10)11;1-5-3-6(2)8(10)7(4-5)9(11)12/h2-8H2,1H3;3-4H,10H2,1-2H3,(H,11,12). The number of carboxylic acid groups (broad SMARTS) is 1. The van der Waals surface area contributed by atoms with Gasteiger partial charge in [-0.25, -0.2) is 9.59 Å². The minimum absolute atomic E-state index is 0.188. The number of nitrogens with two attached hydrogens (primary N) is 1. The zero-order valence-electron chi connectivity index (χ0n) is 14.7. The van der Waals surface area contributed by atoms with Crippen molar-refractivity contribution in [3.8, 4) is 0 Å². The summed E-state index contributed by atoms with van der Waals surface area (Å²) in [5.74, 6) is -0.973. The Morgan fingerprint density at radius 1 is 1.12 bits per heavy atom. The number of rotatable bonds is 8. The number of hydrogen-bond acceptors (Lipinski definition) is 4. The van der Waals surface area contributed by atoms with Crippen LogP contribution in [0.4, 0.5) is 10.5 Å². The first-order chi connectivity index (χ1) is 11.3. The minimum Gasteiger partial charge on any atom is -0.478 e. The van der Waals surface area contributed by atoms with Crippen LogP contribution in [-0.4, -0.2) is 23.1 Å². The molecule has 0 spiro atoms. The van der Waals surface area contributed by atoms with Gasteiger partial charge in [0.15, 0.2) is 0 Å². The molecular weight excluding hydrogens is 330 g/mol. The molecule has 0 atom stereocenters. The van der Waals surface area contributed by atoms with Gasteiger partial charge in [0.2, 0.25) is 0 Å². The maximum atomic E-state index is 10.6. The van der Waals surface area contributed by atoms with E-state index >= 15 is 0 Å². The molecule has 3 N–H and O–H groups in total. The summed E-state index contributed by atoms with van der Waals surface area (Å²) in [6.07, 6.45) is 7.14. The predicted molar refractivity (Wildman–Crippen MR) is 97.9 cm³/mol. The minimum atomic E-state index is -0.973. The van der Waals surface area contributed by atoms with E-state index in [2.05, 4.69) is 11.7 Å². The number of halogens is 1. The molecular formula is C18H28ClNO4. The molecule has 0 aliphatic carbocycles. The van der Waals surface area contributed by atoms with E-state index in [1.54, 1.807) is 13.0 Å². The highest BCUT2D eigenvalue weighted by Gasteiger charge is 2.09. The Morgan fingerprint density at radius 2 is 1.71 bits per heavy atom. The van der Waals surface area contributed by atoms with Gasteiger partial charge < -0.3 is 15.6 Å². The van der Waals surface area contributed by atoms with E-state index in [0.717, 1.165) is 24.0 Å². The Labute approximate surface area is 149 Å². The molecule has 0 aromatic heterocycles. The Hall–Kier alpha value is -1.75. The molecule has 0 saturated carbocycles. The number of nitrogen functional groups attached to an aromatic ring is 1. The van der Waals surface area contributed by atoms with Crippen molar-refractivity contribution in [3.63, 3.8) is 0 Å². The average molecular weight is 358 g/mol. The van der Waals surface area contributed by atoms with Crippen molar-refractivity contribution in [2.24, 2.45) is 0 Å². The second-order valence-corrected chi connectivity index (χ2v) is 6.01. The zero-order valence-corrected chi connectivity index (χ0v) is 15.5. The van der Waals surface area contributed by atoms with E-state index in [-0.39, 0.29) is 5.56 Å². The number of carboxylic acids is 1. The van der Waals surface area contributed by atoms with Crippen LogP contribution >= 0.6 is 11.6 Å². The molecule has 136 valence electrons. The van der Waals surface area contributed by atoms with Crippen LogP contribution in [-0.2, 0) is 4.74 Å². The number of carbonyl (C=O) groups excluding carboxylic acids is 1. The summed E-state index contributed by atoms with van der Waals surface area (Å²) in [5.41, 5.74) is 7.15. The molecule has 0 aliphatic heterocycles. The summed E-state index contributed by atoms with van der Waals surface area (Å²) in [5, 5.41) is 8.73. The number of anilines is 1. The van der Waals surface area contributed by atoms with Crippen molar-refractivity contribution in [2.75, 3.05) is 12.3 Å². The van der Waals surface area contributed by atoms with Gasteiger partial charge in [0.05, 0.1) is 12.2 Å². The summed E-state index contributed by atoms with van der Waals surface area (Å²) < 4.78 is 4.57. The third-order valence-electron chi connectivity index (χ3n) is 3.48. The van der Waals surface area contributed by atoms with Crippen LogP contribution in [0, 0.1) is 13.8 Å². The van der Waals surface area contributed by atoms with Crippen LogP contribution in [0.3, 0.4) is 0 Å². The largest absolute Gasteiger partial charge is 0.478 e. The van der Waals surface area contributed by atoms with Crippen molar-refractivity contribution < 1.29 is 19.4 Å². The maximum absolute atomic E-state index is 10.6. The fourth-order valence-electron chi connectivity index (χ4n) is 2.19. The molecule has 0 saturated heterocycles. The highest BCUT2D eigenvalue weighted by Crippen LogP contribution is 2.18. The zero-order chi connectivity index (χ0) is 18.5. The van der Waals surface area contributed by atoms with E-state index < -0.39 is 11.4 Å². The number of aromatic carboxylic acids is 1. The Morgan fingerprint density at radius 3 is 2.25 bits per heavy atom. The number of unbranched alkanes of at least 4 members (excludes halogenated alkanes) is 5. The third kappa shape index (κ3) is 10.1. The normalized spacial score (nSPS) is 9.83. The molecule has 0 heterocycles. The first-order valence-corrected chi connectivity index (χ1v) is 8.59. The van der Waals surface area contributed by atoms with Crippen LogP contribution in [0.1, 0.15) is 66.9 Å². The van der Waals surface area contributed by atoms with Gasteiger partial charge in [-0.15, -0.1) is 0 Å². The van der Waals surface area contributed by atoms with Gasteiger partial charge in [0.1, 0.15) is 0 Å². The summed E-state index contributed by atoms with van der Waals surface area (Å²) in [7, 11) is 0. The van der Waals surface area contributed by atoms with Crippen molar-refractivity contribution in [1.29, 1.82) is 0 Å². The molecule has 24 heavy (non-hydrogen) atoms. The molecule has 1 aromatic carbocycles. The highest BCUT2D eigenvalue weighted by atomic mass is 35.5. The lowest BCUT2D eigenvalue weighted by Gasteiger charge is -2.05. The average Bonchev–Trinajstić information content (AvgIpc) is 2.50. The number of ether oxygens (including phenoxy) is 1. The third-order valence-corrected chi connectivity index (χ3v) is 3.58. The van der Waals surface area contributed by atoms with Gasteiger partial charge in [0.25, 0.3) is 0 Å². The fourth-order valence-corrected chi connectivity index (χ4v) is 2.27. The fraction of sp³-hybridized carbons (Fsp3) is 0.556. The van der Waals surface area contributed by atoms with Crippen LogP contribution < -0.4 is 5.73 Å². The van der Waals surface area contributed by atoms with E-state index in [1.165, 1.54) is 25.7 Å². The molecule has 1 rings (SSSR count). The quantitative estimate of drug-likeness (QED) is 0.374. The number of hydrogen-bond donors (Lipinski definition) is 2. The summed E-state index contributed by atoms with van der Waals surface area (Å²) in [6.45, 7) is 6.30. The van der Waals surface area contributed by atoms with Gasteiger partial charge in [-0.05, 0) is 37.5 Å². The van der Waals surface area contributed by atoms with Gasteiger partial charge in [-0.1, -0.05) is 45.1 Å². The van der Waals surface area contributed by atoms with Gasteiger partial charge in [-0.2, -0.15) is 0 Å². The lowest BCUT2D eigenvalue weighted by molar-refractivity contribution is 0.0697. The summed E-state index contributed by atoms with van der Waals surface area (Å²) in [4.78, 5) is 20.8. The van der Waals surface area contributed by atoms with Crippen LogP contribution in [0.5, 0.6) is 0 Å². The molecule has 5 nitrogen and oxygen atoms in total. The Kier molecular flexibility index (Phi) is 11.7. The predicted octanol–water partition coefficient (Wildman–Crippen LogP) is 5.31. The van der Waals surface area contributed by atoms with Crippen molar-refractivity contribution in [3.05, 3.63) is 28.8 Å². The molecule has 0 unspecified atom stereocenters. The second-order valence-electron chi connectivity index (χ2n) is 5.70.